The molecule has 3 aromatic rings. The summed E-state index contributed by atoms with van der Waals surface area (Å²) < 4.78 is 0. The molecular formula is C21H16N2O2. The largest absolute Gasteiger partial charge is 0.269 e. The average Bonchev–Trinajstić information content (AvgIpc) is 2.68. The molecule has 4 nitrogen and oxygen atoms in total. The standard InChI is InChI=1S/C21H16N2O2/c22-16-21(18-9-5-2-6-10-18,15-17-7-3-1-4-8-17)19-11-13-20(14-12-19)23(24)25/h1-14H,15H2/t21-/m1/s1. The van der Waals surface area contributed by atoms with E-state index in [1.807, 2.05) is 60.7 Å². The van der Waals surface area contributed by atoms with Gasteiger partial charge in [-0.3, -0.25) is 10.1 Å². The van der Waals surface area contributed by atoms with E-state index in [0.29, 0.717) is 6.42 Å². The Labute approximate surface area is 146 Å². The predicted molar refractivity (Wildman–Crippen MR) is 96.1 cm³/mol. The van der Waals surface area contributed by atoms with Gasteiger partial charge in [0.2, 0.25) is 0 Å². The minimum Gasteiger partial charge on any atom is -0.258 e. The first-order valence-corrected chi connectivity index (χ1v) is 7.91. The zero-order valence-corrected chi connectivity index (χ0v) is 13.5. The van der Waals surface area contributed by atoms with Gasteiger partial charge < -0.3 is 0 Å². The van der Waals surface area contributed by atoms with E-state index in [2.05, 4.69) is 6.07 Å². The topological polar surface area (TPSA) is 66.9 Å². The molecule has 0 radical (unpaired) electrons. The average molecular weight is 328 g/mol. The van der Waals surface area contributed by atoms with Crippen LogP contribution in [0.4, 0.5) is 5.69 Å². The van der Waals surface area contributed by atoms with Crippen LogP contribution in [0.2, 0.25) is 0 Å². The van der Waals surface area contributed by atoms with Crippen molar-refractivity contribution in [3.05, 3.63) is 112 Å². The maximum atomic E-state index is 10.9. The number of nitriles is 1. The fourth-order valence-electron chi connectivity index (χ4n) is 3.03. The Kier molecular flexibility index (Phi) is 4.58. The monoisotopic (exact) mass is 328 g/mol. The molecule has 1 atom stereocenters. The highest BCUT2D eigenvalue weighted by atomic mass is 16.6. The zero-order chi connectivity index (χ0) is 17.7. The molecule has 122 valence electrons. The summed E-state index contributed by atoms with van der Waals surface area (Å²) in [7, 11) is 0. The van der Waals surface area contributed by atoms with Gasteiger partial charge in [0, 0.05) is 12.1 Å². The van der Waals surface area contributed by atoms with Gasteiger partial charge in [0.05, 0.1) is 11.0 Å². The third-order valence-corrected chi connectivity index (χ3v) is 4.34. The molecule has 25 heavy (non-hydrogen) atoms. The quantitative estimate of drug-likeness (QED) is 0.506. The van der Waals surface area contributed by atoms with Crippen LogP contribution in [0.5, 0.6) is 0 Å². The van der Waals surface area contributed by atoms with E-state index >= 15 is 0 Å². The summed E-state index contributed by atoms with van der Waals surface area (Å²) >= 11 is 0. The summed E-state index contributed by atoms with van der Waals surface area (Å²) in [4.78, 5) is 10.5. The molecule has 0 aliphatic rings. The van der Waals surface area contributed by atoms with Crippen LogP contribution in [-0.2, 0) is 11.8 Å². The molecule has 0 N–H and O–H groups in total. The van der Waals surface area contributed by atoms with E-state index in [0.717, 1.165) is 16.7 Å². The Morgan fingerprint density at radius 1 is 0.840 bits per heavy atom. The number of nitrogens with zero attached hydrogens (tertiary/aromatic N) is 2. The Morgan fingerprint density at radius 3 is 1.88 bits per heavy atom. The Hall–Kier alpha value is -3.45. The molecule has 0 bridgehead atoms. The van der Waals surface area contributed by atoms with Crippen molar-refractivity contribution in [2.75, 3.05) is 0 Å². The second-order valence-corrected chi connectivity index (χ2v) is 5.85. The summed E-state index contributed by atoms with van der Waals surface area (Å²) in [5.74, 6) is 0. The molecule has 3 aromatic carbocycles. The molecule has 4 heteroatoms. The van der Waals surface area contributed by atoms with Crippen molar-refractivity contribution in [1.29, 1.82) is 5.26 Å². The molecule has 0 spiro atoms. The summed E-state index contributed by atoms with van der Waals surface area (Å²) in [5, 5.41) is 21.1. The number of hydrogen-bond acceptors (Lipinski definition) is 3. The summed E-state index contributed by atoms with van der Waals surface area (Å²) in [6.07, 6.45) is 0.492. The van der Waals surface area contributed by atoms with E-state index in [9.17, 15) is 15.4 Å². The van der Waals surface area contributed by atoms with E-state index in [1.54, 1.807) is 12.1 Å². The number of hydrogen-bond donors (Lipinski definition) is 0. The predicted octanol–water partition coefficient (Wildman–Crippen LogP) is 4.65. The van der Waals surface area contributed by atoms with Crippen LogP contribution < -0.4 is 0 Å². The van der Waals surface area contributed by atoms with Gasteiger partial charge in [-0.05, 0) is 23.1 Å². The third-order valence-electron chi connectivity index (χ3n) is 4.34. The van der Waals surface area contributed by atoms with Crippen LogP contribution in [0, 0.1) is 21.4 Å². The van der Waals surface area contributed by atoms with Crippen LogP contribution in [0.3, 0.4) is 0 Å². The molecule has 0 saturated heterocycles. The molecule has 0 saturated carbocycles. The van der Waals surface area contributed by atoms with Crippen molar-refractivity contribution < 1.29 is 4.92 Å². The second-order valence-electron chi connectivity index (χ2n) is 5.85. The first-order valence-electron chi connectivity index (χ1n) is 7.91. The van der Waals surface area contributed by atoms with Gasteiger partial charge in [-0.15, -0.1) is 0 Å². The molecule has 0 aliphatic heterocycles. The lowest BCUT2D eigenvalue weighted by atomic mass is 9.71. The number of non-ortho nitro benzene ring substituents is 1. The Balaban J connectivity index is 2.14. The van der Waals surface area contributed by atoms with E-state index < -0.39 is 10.3 Å². The smallest absolute Gasteiger partial charge is 0.258 e. The fraction of sp³-hybridized carbons (Fsp3) is 0.0952. The van der Waals surface area contributed by atoms with E-state index in [1.165, 1.54) is 12.1 Å². The van der Waals surface area contributed by atoms with Crippen molar-refractivity contribution in [1.82, 2.24) is 0 Å². The lowest BCUT2D eigenvalue weighted by Gasteiger charge is -2.28. The van der Waals surface area contributed by atoms with Crippen LogP contribution >= 0.6 is 0 Å². The van der Waals surface area contributed by atoms with Gasteiger partial charge in [0.1, 0.15) is 5.41 Å². The van der Waals surface area contributed by atoms with Gasteiger partial charge in [-0.1, -0.05) is 72.8 Å². The van der Waals surface area contributed by atoms with Gasteiger partial charge in [0.15, 0.2) is 0 Å². The first-order chi connectivity index (χ1) is 12.2. The SMILES string of the molecule is N#C[C@](Cc1ccccc1)(c1ccccc1)c1ccc([N+](=O)[O-])cc1. The molecule has 0 amide bonds. The van der Waals surface area contributed by atoms with E-state index in [-0.39, 0.29) is 5.69 Å². The van der Waals surface area contributed by atoms with E-state index in [4.69, 9.17) is 0 Å². The van der Waals surface area contributed by atoms with Crippen molar-refractivity contribution in [3.8, 4) is 6.07 Å². The molecular weight excluding hydrogens is 312 g/mol. The third kappa shape index (κ3) is 3.26. The van der Waals surface area contributed by atoms with Crippen LogP contribution in [0.25, 0.3) is 0 Å². The van der Waals surface area contributed by atoms with Crippen molar-refractivity contribution in [3.63, 3.8) is 0 Å². The van der Waals surface area contributed by atoms with Gasteiger partial charge in [-0.25, -0.2) is 0 Å². The van der Waals surface area contributed by atoms with Crippen LogP contribution in [0.1, 0.15) is 16.7 Å². The normalized spacial score (nSPS) is 12.8. The van der Waals surface area contributed by atoms with Crippen molar-refractivity contribution in [2.24, 2.45) is 0 Å². The van der Waals surface area contributed by atoms with Gasteiger partial charge in [0.25, 0.3) is 5.69 Å². The maximum absolute atomic E-state index is 10.9. The number of benzene rings is 3. The lowest BCUT2D eigenvalue weighted by molar-refractivity contribution is -0.384. The highest BCUT2D eigenvalue weighted by Crippen LogP contribution is 2.36. The second kappa shape index (κ2) is 6.98. The zero-order valence-electron chi connectivity index (χ0n) is 13.5. The summed E-state index contributed by atoms with van der Waals surface area (Å²) in [6.45, 7) is 0. The summed E-state index contributed by atoms with van der Waals surface area (Å²) in [6, 6.07) is 28.1. The Bertz CT molecular complexity index is 900. The van der Waals surface area contributed by atoms with Crippen molar-refractivity contribution >= 4 is 5.69 Å². The number of nitro benzene ring substituents is 1. The molecule has 3 rings (SSSR count). The summed E-state index contributed by atoms with van der Waals surface area (Å²) in [5.41, 5.74) is 1.76. The number of rotatable bonds is 5. The molecule has 0 heterocycles. The Morgan fingerprint density at radius 2 is 1.36 bits per heavy atom. The lowest BCUT2D eigenvalue weighted by Crippen LogP contribution is -2.28. The van der Waals surface area contributed by atoms with Crippen molar-refractivity contribution in [2.45, 2.75) is 11.8 Å². The van der Waals surface area contributed by atoms with Gasteiger partial charge in [-0.2, -0.15) is 5.26 Å². The molecule has 0 aliphatic carbocycles. The molecule has 0 unspecified atom stereocenters. The minimum atomic E-state index is -0.905. The fourth-order valence-corrected chi connectivity index (χ4v) is 3.03. The minimum absolute atomic E-state index is 0.0170. The van der Waals surface area contributed by atoms with Crippen LogP contribution in [0.15, 0.2) is 84.9 Å². The van der Waals surface area contributed by atoms with Crippen LogP contribution in [-0.4, -0.2) is 4.92 Å². The molecule has 0 fully saturated rings. The number of nitro groups is 1. The molecule has 0 aromatic heterocycles. The maximum Gasteiger partial charge on any atom is 0.269 e. The first kappa shape index (κ1) is 16.4. The highest BCUT2D eigenvalue weighted by molar-refractivity contribution is 5.50. The van der Waals surface area contributed by atoms with Gasteiger partial charge >= 0.3 is 0 Å². The highest BCUT2D eigenvalue weighted by Gasteiger charge is 2.35.